The Bertz CT molecular complexity index is 713. The van der Waals surface area contributed by atoms with Gasteiger partial charge in [-0.1, -0.05) is 24.3 Å². The van der Waals surface area contributed by atoms with Gasteiger partial charge in [-0.15, -0.1) is 10.2 Å². The maximum Gasteiger partial charge on any atom is 0.251 e. The Labute approximate surface area is 145 Å². The number of carbonyl (C=O) groups excluding carboxylic acids is 2. The molecule has 2 amide bonds. The maximum absolute atomic E-state index is 12.4. The van der Waals surface area contributed by atoms with Crippen molar-refractivity contribution in [1.82, 2.24) is 31.3 Å². The first-order valence-electron chi connectivity index (χ1n) is 8.58. The number of piperidine rings is 1. The highest BCUT2D eigenvalue weighted by atomic mass is 16.2. The number of tetrazole rings is 1. The molecule has 0 radical (unpaired) electrons. The lowest BCUT2D eigenvalue weighted by atomic mass is 9.96. The van der Waals surface area contributed by atoms with Gasteiger partial charge < -0.3 is 10.6 Å². The molecule has 2 heterocycles. The van der Waals surface area contributed by atoms with E-state index in [0.717, 1.165) is 24.8 Å². The van der Waals surface area contributed by atoms with Gasteiger partial charge in [0.25, 0.3) is 5.91 Å². The summed E-state index contributed by atoms with van der Waals surface area (Å²) >= 11 is 0. The number of H-pyrrole nitrogens is 1. The second kappa shape index (κ2) is 7.87. The van der Waals surface area contributed by atoms with Gasteiger partial charge in [-0.25, -0.2) is 0 Å². The molecule has 0 aliphatic carbocycles. The predicted molar refractivity (Wildman–Crippen MR) is 90.6 cm³/mol. The SMILES string of the molecule is CCC(Cc1nn[nH]n1)NC(=O)c1ccc(C2CCCC(=O)N2)cc1. The Kier molecular flexibility index (Phi) is 5.37. The molecule has 0 bridgehead atoms. The monoisotopic (exact) mass is 342 g/mol. The first kappa shape index (κ1) is 17.1. The molecule has 1 aliphatic heterocycles. The van der Waals surface area contributed by atoms with E-state index in [-0.39, 0.29) is 23.9 Å². The van der Waals surface area contributed by atoms with Gasteiger partial charge in [-0.2, -0.15) is 5.21 Å². The van der Waals surface area contributed by atoms with E-state index in [2.05, 4.69) is 31.3 Å². The number of nitrogens with zero attached hydrogens (tertiary/aromatic N) is 3. The molecule has 0 saturated carbocycles. The number of rotatable bonds is 6. The summed E-state index contributed by atoms with van der Waals surface area (Å²) in [6, 6.07) is 7.40. The summed E-state index contributed by atoms with van der Waals surface area (Å²) < 4.78 is 0. The summed E-state index contributed by atoms with van der Waals surface area (Å²) in [6.45, 7) is 2.00. The quantitative estimate of drug-likeness (QED) is 0.732. The predicted octanol–water partition coefficient (Wildman–Crippen LogP) is 1.29. The lowest BCUT2D eigenvalue weighted by molar-refractivity contribution is -0.123. The fourth-order valence-electron chi connectivity index (χ4n) is 2.98. The molecule has 0 spiro atoms. The summed E-state index contributed by atoms with van der Waals surface area (Å²) in [6.07, 6.45) is 3.72. The standard InChI is InChI=1S/C17H22N6O2/c1-2-13(10-15-20-22-23-21-15)18-17(25)12-8-6-11(7-9-12)14-4-3-5-16(24)19-14/h6-9,13-14H,2-5,10H2,1H3,(H,18,25)(H,19,24)(H,20,21,22,23). The molecule has 3 rings (SSSR count). The number of aromatic amines is 1. The minimum absolute atomic E-state index is 0.0417. The molecular formula is C17H22N6O2. The van der Waals surface area contributed by atoms with Crippen LogP contribution in [-0.4, -0.2) is 38.5 Å². The highest BCUT2D eigenvalue weighted by molar-refractivity contribution is 5.94. The van der Waals surface area contributed by atoms with Crippen LogP contribution in [-0.2, 0) is 11.2 Å². The normalized spacial score (nSPS) is 18.4. The van der Waals surface area contributed by atoms with Crippen molar-refractivity contribution in [2.45, 2.75) is 51.1 Å². The van der Waals surface area contributed by atoms with E-state index < -0.39 is 0 Å². The van der Waals surface area contributed by atoms with Gasteiger partial charge in [0.2, 0.25) is 5.91 Å². The van der Waals surface area contributed by atoms with E-state index >= 15 is 0 Å². The molecule has 25 heavy (non-hydrogen) atoms. The van der Waals surface area contributed by atoms with Crippen LogP contribution < -0.4 is 10.6 Å². The topological polar surface area (TPSA) is 113 Å². The largest absolute Gasteiger partial charge is 0.349 e. The molecule has 1 aromatic heterocycles. The van der Waals surface area contributed by atoms with Crippen molar-refractivity contribution in [2.75, 3.05) is 0 Å². The van der Waals surface area contributed by atoms with Crippen molar-refractivity contribution in [1.29, 1.82) is 0 Å². The smallest absolute Gasteiger partial charge is 0.251 e. The zero-order valence-electron chi connectivity index (χ0n) is 14.2. The maximum atomic E-state index is 12.4. The van der Waals surface area contributed by atoms with Gasteiger partial charge in [-0.05, 0) is 37.0 Å². The van der Waals surface area contributed by atoms with E-state index in [4.69, 9.17) is 0 Å². The Morgan fingerprint density at radius 2 is 2.16 bits per heavy atom. The molecule has 2 unspecified atom stereocenters. The number of nitrogens with one attached hydrogen (secondary N) is 3. The van der Waals surface area contributed by atoms with Crippen molar-refractivity contribution >= 4 is 11.8 Å². The lowest BCUT2D eigenvalue weighted by Gasteiger charge is -2.23. The Hall–Kier alpha value is -2.77. The molecule has 1 aliphatic rings. The summed E-state index contributed by atoms with van der Waals surface area (Å²) in [4.78, 5) is 24.0. The number of aromatic nitrogens is 4. The fraction of sp³-hybridized carbons (Fsp3) is 0.471. The van der Waals surface area contributed by atoms with Crippen LogP contribution in [0.25, 0.3) is 0 Å². The number of benzene rings is 1. The van der Waals surface area contributed by atoms with Crippen LogP contribution in [0.1, 0.15) is 60.4 Å². The molecular weight excluding hydrogens is 320 g/mol. The third-order valence-electron chi connectivity index (χ3n) is 4.45. The van der Waals surface area contributed by atoms with E-state index in [9.17, 15) is 9.59 Å². The highest BCUT2D eigenvalue weighted by Crippen LogP contribution is 2.23. The van der Waals surface area contributed by atoms with E-state index in [1.807, 2.05) is 19.1 Å². The van der Waals surface area contributed by atoms with Crippen molar-refractivity contribution in [3.05, 3.63) is 41.2 Å². The molecule has 1 fully saturated rings. The van der Waals surface area contributed by atoms with Crippen LogP contribution in [0, 0.1) is 0 Å². The average Bonchev–Trinajstić information content (AvgIpc) is 3.14. The number of hydrogen-bond acceptors (Lipinski definition) is 5. The van der Waals surface area contributed by atoms with Crippen LogP contribution in [0.15, 0.2) is 24.3 Å². The summed E-state index contributed by atoms with van der Waals surface area (Å²) in [5.41, 5.74) is 1.63. The van der Waals surface area contributed by atoms with Crippen molar-refractivity contribution in [3.63, 3.8) is 0 Å². The van der Waals surface area contributed by atoms with Gasteiger partial charge in [-0.3, -0.25) is 9.59 Å². The number of amides is 2. The first-order chi connectivity index (χ1) is 12.2. The van der Waals surface area contributed by atoms with E-state index in [1.165, 1.54) is 0 Å². The third kappa shape index (κ3) is 4.40. The van der Waals surface area contributed by atoms with Crippen LogP contribution in [0.3, 0.4) is 0 Å². The van der Waals surface area contributed by atoms with Crippen LogP contribution >= 0.6 is 0 Å². The molecule has 8 nitrogen and oxygen atoms in total. The molecule has 2 atom stereocenters. The van der Waals surface area contributed by atoms with Crippen molar-refractivity contribution in [3.8, 4) is 0 Å². The van der Waals surface area contributed by atoms with Gasteiger partial charge in [0.1, 0.15) is 0 Å². The van der Waals surface area contributed by atoms with Crippen LogP contribution in [0.4, 0.5) is 0 Å². The molecule has 132 valence electrons. The zero-order chi connectivity index (χ0) is 17.6. The average molecular weight is 342 g/mol. The lowest BCUT2D eigenvalue weighted by Crippen LogP contribution is -2.36. The van der Waals surface area contributed by atoms with E-state index in [1.54, 1.807) is 12.1 Å². The second-order valence-corrected chi connectivity index (χ2v) is 6.25. The number of carbonyl (C=O) groups is 2. The van der Waals surface area contributed by atoms with Crippen LogP contribution in [0.2, 0.25) is 0 Å². The van der Waals surface area contributed by atoms with Crippen LogP contribution in [0.5, 0.6) is 0 Å². The van der Waals surface area contributed by atoms with Crippen molar-refractivity contribution < 1.29 is 9.59 Å². The summed E-state index contributed by atoms with van der Waals surface area (Å²) in [7, 11) is 0. The molecule has 8 heteroatoms. The highest BCUT2D eigenvalue weighted by Gasteiger charge is 2.20. The van der Waals surface area contributed by atoms with E-state index in [0.29, 0.717) is 24.2 Å². The Morgan fingerprint density at radius 3 is 2.80 bits per heavy atom. The minimum atomic E-state index is -0.130. The van der Waals surface area contributed by atoms with Gasteiger partial charge in [0.15, 0.2) is 5.82 Å². The zero-order valence-corrected chi connectivity index (χ0v) is 14.2. The minimum Gasteiger partial charge on any atom is -0.349 e. The van der Waals surface area contributed by atoms with Crippen molar-refractivity contribution in [2.24, 2.45) is 0 Å². The van der Waals surface area contributed by atoms with Gasteiger partial charge in [0, 0.05) is 24.4 Å². The number of hydrogen-bond donors (Lipinski definition) is 3. The fourth-order valence-corrected chi connectivity index (χ4v) is 2.98. The molecule has 3 N–H and O–H groups in total. The Balaban J connectivity index is 1.60. The first-order valence-corrected chi connectivity index (χ1v) is 8.58. The molecule has 1 aromatic carbocycles. The molecule has 2 aromatic rings. The summed E-state index contributed by atoms with van der Waals surface area (Å²) in [5, 5.41) is 19.8. The summed E-state index contributed by atoms with van der Waals surface area (Å²) in [5.74, 6) is 0.537. The van der Waals surface area contributed by atoms with Gasteiger partial charge in [0.05, 0.1) is 6.04 Å². The second-order valence-electron chi connectivity index (χ2n) is 6.25. The third-order valence-corrected chi connectivity index (χ3v) is 4.45. The Morgan fingerprint density at radius 1 is 1.36 bits per heavy atom. The molecule has 1 saturated heterocycles. The van der Waals surface area contributed by atoms with Gasteiger partial charge >= 0.3 is 0 Å².